The van der Waals surface area contributed by atoms with Gasteiger partial charge in [0, 0.05) is 0 Å². The normalized spacial score (nSPS) is 16.8. The number of hydrogen-bond donors (Lipinski definition) is 2. The summed E-state index contributed by atoms with van der Waals surface area (Å²) in [5, 5.41) is 12.9. The molecule has 0 radical (unpaired) electrons. The van der Waals surface area contributed by atoms with Crippen LogP contribution in [-0.2, 0) is 4.79 Å². The first-order valence-corrected chi connectivity index (χ1v) is 5.86. The van der Waals surface area contributed by atoms with Crippen molar-refractivity contribution in [2.45, 2.75) is 47.7 Å². The molecule has 1 atom stereocenters. The maximum Gasteiger partial charge on any atom is 0.428 e. The molecule has 0 bridgehead atoms. The summed E-state index contributed by atoms with van der Waals surface area (Å²) in [5.74, 6) is -3.20. The summed E-state index contributed by atoms with van der Waals surface area (Å²) < 4.78 is 148. The average molecular weight is 425 g/mol. The topological polar surface area (TPSA) is 57.5 Å². The van der Waals surface area contributed by atoms with E-state index in [9.17, 15) is 57.5 Å². The first-order chi connectivity index (χ1) is 10.5. The quantitative estimate of drug-likeness (QED) is 0.538. The minimum absolute atomic E-state index is 3.20. The van der Waals surface area contributed by atoms with E-state index in [0.29, 0.717) is 0 Å². The molecule has 0 spiro atoms. The molecule has 3 nitrogen and oxygen atoms in total. The molecular weight excluding hydrogens is 420 g/mol. The number of carbonyl (C=O) groups is 1. The predicted molar refractivity (Wildman–Crippen MR) is 53.4 cm³/mol. The second-order valence-corrected chi connectivity index (χ2v) is 5.06. The average Bonchev–Trinajstić information content (AvgIpc) is 2.30. The van der Waals surface area contributed by atoms with Gasteiger partial charge < -0.3 is 10.2 Å². The highest BCUT2D eigenvalue weighted by Gasteiger charge is 2.77. The van der Waals surface area contributed by atoms with Crippen molar-refractivity contribution in [1.29, 1.82) is 0 Å². The van der Waals surface area contributed by atoms with Gasteiger partial charge in [-0.3, -0.25) is 4.79 Å². The van der Waals surface area contributed by atoms with E-state index in [4.69, 9.17) is 10.2 Å². The zero-order valence-corrected chi connectivity index (χ0v) is 11.8. The lowest BCUT2D eigenvalue weighted by molar-refractivity contribution is -0.371. The number of Topliss-reactive ketones (excluding diaryl/α,β-unsaturated/α-hetero) is 1. The molecule has 0 heterocycles. The minimum atomic E-state index is -6.79. The molecule has 2 N–H and O–H groups in total. The molecule has 0 aliphatic heterocycles. The van der Waals surface area contributed by atoms with E-state index in [1.165, 1.54) is 0 Å². The number of carbonyl (C=O) groups excluding carboxylic acids is 1. The lowest BCUT2D eigenvalue weighted by Crippen LogP contribution is -2.66. The summed E-state index contributed by atoms with van der Waals surface area (Å²) in [6, 6.07) is 0. The molecule has 0 saturated carbocycles. The van der Waals surface area contributed by atoms with Gasteiger partial charge in [0.1, 0.15) is 5.38 Å². The number of aliphatic hydroxyl groups is 2. The Balaban J connectivity index is 6.05. The van der Waals surface area contributed by atoms with Crippen LogP contribution in [0.5, 0.6) is 0 Å². The van der Waals surface area contributed by atoms with E-state index >= 15 is 0 Å². The van der Waals surface area contributed by atoms with Crippen LogP contribution in [0.3, 0.4) is 0 Å². The third-order valence-electron chi connectivity index (χ3n) is 2.88. The summed E-state index contributed by atoms with van der Waals surface area (Å²) in [7, 11) is 0. The van der Waals surface area contributed by atoms with Crippen LogP contribution in [0.4, 0.5) is 52.7 Å². The van der Waals surface area contributed by atoms with Crippen LogP contribution in [-0.4, -0.2) is 57.3 Å². The van der Waals surface area contributed by atoms with Crippen LogP contribution >= 0.6 is 11.6 Å². The van der Waals surface area contributed by atoms with E-state index < -0.39 is 53.5 Å². The smallest absolute Gasteiger partial charge is 0.373 e. The Bertz CT molecular complexity index is 474. The molecule has 0 rings (SSSR count). The van der Waals surface area contributed by atoms with Gasteiger partial charge >= 0.3 is 24.7 Å². The maximum atomic E-state index is 12.4. The van der Waals surface area contributed by atoms with E-state index in [1.807, 2.05) is 0 Å². The SMILES string of the molecule is O=C(CC(O)(C(F)(F)F)C(F)(F)F)C(Cl)C(O)(C(F)(F)F)C(F)(F)F. The maximum absolute atomic E-state index is 12.4. The Morgan fingerprint density at radius 2 is 1.00 bits per heavy atom. The van der Waals surface area contributed by atoms with Crippen molar-refractivity contribution in [3.8, 4) is 0 Å². The molecule has 1 unspecified atom stereocenters. The fourth-order valence-electron chi connectivity index (χ4n) is 1.38. The Kier molecular flexibility index (Phi) is 6.09. The molecule has 0 aromatic rings. The molecule has 0 amide bonds. The summed E-state index contributed by atoms with van der Waals surface area (Å²) >= 11 is 4.43. The number of alkyl halides is 13. The van der Waals surface area contributed by atoms with Gasteiger partial charge in [-0.25, -0.2) is 0 Å². The lowest BCUT2D eigenvalue weighted by Gasteiger charge is -2.37. The fraction of sp³-hybridized carbons (Fsp3) is 0.889. The first kappa shape index (κ1) is 24.0. The van der Waals surface area contributed by atoms with Gasteiger partial charge in [0.25, 0.3) is 11.2 Å². The summed E-state index contributed by atoms with van der Waals surface area (Å²) in [4.78, 5) is 11.1. The Morgan fingerprint density at radius 3 is 1.20 bits per heavy atom. The highest BCUT2D eigenvalue weighted by atomic mass is 35.5. The highest BCUT2D eigenvalue weighted by molar-refractivity contribution is 6.32. The van der Waals surface area contributed by atoms with Crippen molar-refractivity contribution in [3.05, 3.63) is 0 Å². The summed E-state index contributed by atoms with van der Waals surface area (Å²) in [6.07, 6.45) is -30.3. The number of hydrogen-bond acceptors (Lipinski definition) is 3. The zero-order valence-electron chi connectivity index (χ0n) is 11.0. The largest absolute Gasteiger partial charge is 0.428 e. The Hall–Kier alpha value is -0.960. The van der Waals surface area contributed by atoms with E-state index in [0.717, 1.165) is 0 Å². The highest BCUT2D eigenvalue weighted by Crippen LogP contribution is 2.50. The number of ketones is 1. The first-order valence-electron chi connectivity index (χ1n) is 5.42. The predicted octanol–water partition coefficient (Wildman–Crippen LogP) is 3.26. The molecule has 0 aromatic carbocycles. The monoisotopic (exact) mass is 424 g/mol. The number of rotatable bonds is 4. The molecule has 0 aliphatic carbocycles. The van der Waals surface area contributed by atoms with Crippen molar-refractivity contribution in [2.24, 2.45) is 0 Å². The summed E-state index contributed by atoms with van der Waals surface area (Å²) in [6.45, 7) is 0. The molecule has 0 aromatic heterocycles. The lowest BCUT2D eigenvalue weighted by atomic mass is 9.87. The molecule has 0 aliphatic rings. The van der Waals surface area contributed by atoms with Gasteiger partial charge in [-0.2, -0.15) is 52.7 Å². The van der Waals surface area contributed by atoms with Gasteiger partial charge in [0.15, 0.2) is 5.78 Å². The second kappa shape index (κ2) is 6.33. The molecule has 0 saturated heterocycles. The molecular formula is C9H5ClF12O3. The van der Waals surface area contributed by atoms with Crippen LogP contribution in [0.2, 0.25) is 0 Å². The van der Waals surface area contributed by atoms with Gasteiger partial charge in [-0.1, -0.05) is 0 Å². The van der Waals surface area contributed by atoms with Crippen molar-refractivity contribution in [2.75, 3.05) is 0 Å². The standard InChI is InChI=1S/C9H5ClF12O3/c10-3(5(25,8(17,18)19)9(20,21)22)2(23)1-4(24,6(11,12)13)7(14,15)16/h3,24-25H,1H2. The summed E-state index contributed by atoms with van der Waals surface area (Å²) in [5.41, 5.74) is -12.1. The molecule has 150 valence electrons. The van der Waals surface area contributed by atoms with E-state index in [-0.39, 0.29) is 0 Å². The molecule has 16 heteroatoms. The third-order valence-corrected chi connectivity index (χ3v) is 3.44. The second-order valence-electron chi connectivity index (χ2n) is 4.62. The van der Waals surface area contributed by atoms with Crippen LogP contribution < -0.4 is 0 Å². The molecule has 0 fully saturated rings. The van der Waals surface area contributed by atoms with Crippen molar-refractivity contribution in [3.63, 3.8) is 0 Å². The van der Waals surface area contributed by atoms with Crippen molar-refractivity contribution in [1.82, 2.24) is 0 Å². The van der Waals surface area contributed by atoms with Gasteiger partial charge in [-0.05, 0) is 0 Å². The van der Waals surface area contributed by atoms with Gasteiger partial charge in [0.05, 0.1) is 6.42 Å². The van der Waals surface area contributed by atoms with E-state index in [2.05, 4.69) is 11.6 Å². The molecule has 25 heavy (non-hydrogen) atoms. The van der Waals surface area contributed by atoms with Crippen LogP contribution in [0.15, 0.2) is 0 Å². The van der Waals surface area contributed by atoms with Crippen LogP contribution in [0, 0.1) is 0 Å². The van der Waals surface area contributed by atoms with Gasteiger partial charge in [-0.15, -0.1) is 11.6 Å². The Morgan fingerprint density at radius 1 is 0.720 bits per heavy atom. The van der Waals surface area contributed by atoms with Crippen molar-refractivity contribution >= 4 is 17.4 Å². The van der Waals surface area contributed by atoms with Crippen LogP contribution in [0.1, 0.15) is 6.42 Å². The van der Waals surface area contributed by atoms with Crippen molar-refractivity contribution < 1.29 is 67.7 Å². The third kappa shape index (κ3) is 4.07. The van der Waals surface area contributed by atoms with E-state index in [1.54, 1.807) is 0 Å². The zero-order chi connectivity index (χ0) is 20.9. The fourth-order valence-corrected chi connectivity index (χ4v) is 1.71. The minimum Gasteiger partial charge on any atom is -0.373 e. The van der Waals surface area contributed by atoms with Gasteiger partial charge in [0.2, 0.25) is 0 Å². The number of halogens is 13. The Labute approximate surface area is 134 Å². The van der Waals surface area contributed by atoms with Crippen LogP contribution in [0.25, 0.3) is 0 Å².